The van der Waals surface area contributed by atoms with Gasteiger partial charge in [-0.25, -0.2) is 4.79 Å². The maximum atomic E-state index is 11.7. The lowest BCUT2D eigenvalue weighted by Crippen LogP contribution is -2.40. The lowest BCUT2D eigenvalue weighted by Gasteiger charge is -2.15. The fraction of sp³-hybridized carbons (Fsp3) is 0.692. The van der Waals surface area contributed by atoms with Crippen LogP contribution >= 0.6 is 0 Å². The van der Waals surface area contributed by atoms with Crippen molar-refractivity contribution in [3.8, 4) is 0 Å². The molecule has 0 fully saturated rings. The molecule has 8 heteroatoms. The van der Waals surface area contributed by atoms with Gasteiger partial charge in [0.25, 0.3) is 0 Å². The first-order chi connectivity index (χ1) is 9.93. The van der Waals surface area contributed by atoms with E-state index in [4.69, 9.17) is 5.11 Å². The number of nitrogens with zero attached hydrogens (tertiary/aromatic N) is 3. The van der Waals surface area contributed by atoms with Crippen LogP contribution in [0, 0.1) is 11.8 Å². The second kappa shape index (κ2) is 8.23. The molecule has 0 bridgehead atoms. The molecule has 8 nitrogen and oxygen atoms in total. The van der Waals surface area contributed by atoms with Crippen molar-refractivity contribution in [3.05, 3.63) is 12.2 Å². The summed E-state index contributed by atoms with van der Waals surface area (Å²) in [4.78, 5) is 22.8. The maximum Gasteiger partial charge on any atom is 0.315 e. The SMILES string of the molecule is CCn1cnnc1CNC(=O)NCC(CC(C)C)C(=O)O. The Hall–Kier alpha value is -2.12. The Kier molecular flexibility index (Phi) is 6.64. The third kappa shape index (κ3) is 5.80. The van der Waals surface area contributed by atoms with Gasteiger partial charge in [0.2, 0.25) is 0 Å². The minimum Gasteiger partial charge on any atom is -0.481 e. The van der Waals surface area contributed by atoms with Crippen molar-refractivity contribution in [1.29, 1.82) is 0 Å². The van der Waals surface area contributed by atoms with Crippen molar-refractivity contribution >= 4 is 12.0 Å². The number of aliphatic carboxylic acids is 1. The average Bonchev–Trinajstić information content (AvgIpc) is 2.87. The first-order valence-electron chi connectivity index (χ1n) is 7.05. The van der Waals surface area contributed by atoms with Crippen molar-refractivity contribution in [1.82, 2.24) is 25.4 Å². The smallest absolute Gasteiger partial charge is 0.315 e. The molecule has 0 radical (unpaired) electrons. The second-order valence-corrected chi connectivity index (χ2v) is 5.26. The molecule has 0 saturated heterocycles. The van der Waals surface area contributed by atoms with E-state index in [1.54, 1.807) is 6.33 Å². The highest BCUT2D eigenvalue weighted by molar-refractivity contribution is 5.75. The zero-order valence-electron chi connectivity index (χ0n) is 12.7. The third-order valence-corrected chi connectivity index (χ3v) is 3.06. The van der Waals surface area contributed by atoms with E-state index < -0.39 is 17.9 Å². The zero-order chi connectivity index (χ0) is 15.8. The molecule has 1 aromatic rings. The molecule has 118 valence electrons. The van der Waals surface area contributed by atoms with Gasteiger partial charge in [-0.05, 0) is 19.3 Å². The molecule has 0 aliphatic rings. The number of urea groups is 1. The van der Waals surface area contributed by atoms with Gasteiger partial charge in [0.1, 0.15) is 6.33 Å². The van der Waals surface area contributed by atoms with Gasteiger partial charge in [0, 0.05) is 13.1 Å². The first kappa shape index (κ1) is 16.9. The van der Waals surface area contributed by atoms with E-state index in [-0.39, 0.29) is 19.0 Å². The lowest BCUT2D eigenvalue weighted by molar-refractivity contribution is -0.142. The Labute approximate surface area is 123 Å². The molecule has 1 aromatic heterocycles. The number of carbonyl (C=O) groups excluding carboxylic acids is 1. The largest absolute Gasteiger partial charge is 0.481 e. The molecule has 0 saturated carbocycles. The molecule has 0 aliphatic carbocycles. The van der Waals surface area contributed by atoms with Crippen LogP contribution < -0.4 is 10.6 Å². The first-order valence-corrected chi connectivity index (χ1v) is 7.05. The Morgan fingerprint density at radius 1 is 1.38 bits per heavy atom. The van der Waals surface area contributed by atoms with Crippen molar-refractivity contribution in [2.75, 3.05) is 6.54 Å². The number of nitrogens with one attached hydrogen (secondary N) is 2. The van der Waals surface area contributed by atoms with Crippen LogP contribution in [0.4, 0.5) is 4.79 Å². The topological polar surface area (TPSA) is 109 Å². The summed E-state index contributed by atoms with van der Waals surface area (Å²) in [5, 5.41) is 22.0. The molecule has 0 aliphatic heterocycles. The van der Waals surface area contributed by atoms with Crippen molar-refractivity contribution in [3.63, 3.8) is 0 Å². The average molecular weight is 297 g/mol. The fourth-order valence-electron chi connectivity index (χ4n) is 1.96. The number of amides is 2. The van der Waals surface area contributed by atoms with Crippen LogP contribution in [-0.4, -0.2) is 38.4 Å². The number of aromatic nitrogens is 3. The third-order valence-electron chi connectivity index (χ3n) is 3.06. The quantitative estimate of drug-likeness (QED) is 0.659. The molecule has 1 unspecified atom stereocenters. The van der Waals surface area contributed by atoms with Crippen LogP contribution in [0.15, 0.2) is 6.33 Å². The van der Waals surface area contributed by atoms with Crippen LogP contribution in [0.1, 0.15) is 33.0 Å². The number of rotatable bonds is 8. The van der Waals surface area contributed by atoms with E-state index in [0.29, 0.717) is 12.2 Å². The van der Waals surface area contributed by atoms with Crippen molar-refractivity contribution in [2.45, 2.75) is 40.3 Å². The second-order valence-electron chi connectivity index (χ2n) is 5.26. The molecular weight excluding hydrogens is 274 g/mol. The van der Waals surface area contributed by atoms with Gasteiger partial charge >= 0.3 is 12.0 Å². The molecule has 3 N–H and O–H groups in total. The normalized spacial score (nSPS) is 12.2. The predicted molar refractivity (Wildman–Crippen MR) is 76.5 cm³/mol. The van der Waals surface area contributed by atoms with E-state index in [0.717, 1.165) is 6.54 Å². The molecule has 0 spiro atoms. The summed E-state index contributed by atoms with van der Waals surface area (Å²) in [7, 11) is 0. The van der Waals surface area contributed by atoms with Crippen LogP contribution in [0.25, 0.3) is 0 Å². The van der Waals surface area contributed by atoms with Crippen LogP contribution in [0.5, 0.6) is 0 Å². The summed E-state index contributed by atoms with van der Waals surface area (Å²) in [5.74, 6) is -0.548. The molecule has 1 rings (SSSR count). The minimum atomic E-state index is -0.894. The van der Waals surface area contributed by atoms with Gasteiger partial charge in [0.05, 0.1) is 12.5 Å². The minimum absolute atomic E-state index is 0.111. The van der Waals surface area contributed by atoms with Crippen LogP contribution in [0.2, 0.25) is 0 Å². The van der Waals surface area contributed by atoms with Gasteiger partial charge in [-0.1, -0.05) is 13.8 Å². The molecule has 1 heterocycles. The molecule has 21 heavy (non-hydrogen) atoms. The number of hydrogen-bond donors (Lipinski definition) is 3. The summed E-state index contributed by atoms with van der Waals surface area (Å²) in [6, 6.07) is -0.407. The van der Waals surface area contributed by atoms with E-state index in [2.05, 4.69) is 20.8 Å². The Morgan fingerprint density at radius 3 is 2.67 bits per heavy atom. The number of carboxylic acid groups (broad SMARTS) is 1. The van der Waals surface area contributed by atoms with Crippen LogP contribution in [-0.2, 0) is 17.9 Å². The molecule has 1 atom stereocenters. The molecular formula is C13H23N5O3. The summed E-state index contributed by atoms with van der Waals surface area (Å²) in [5.41, 5.74) is 0. The summed E-state index contributed by atoms with van der Waals surface area (Å²) in [6.45, 7) is 6.94. The predicted octanol–water partition coefficient (Wildman–Crippen LogP) is 0.844. The fourth-order valence-corrected chi connectivity index (χ4v) is 1.96. The highest BCUT2D eigenvalue weighted by atomic mass is 16.4. The number of carboxylic acids is 1. The standard InChI is InChI=1S/C13H23N5O3/c1-4-18-8-16-17-11(18)7-15-13(21)14-6-10(12(19)20)5-9(2)3/h8-10H,4-7H2,1-3H3,(H,19,20)(H2,14,15,21). The molecule has 2 amide bonds. The number of carbonyl (C=O) groups is 2. The Balaban J connectivity index is 2.37. The van der Waals surface area contributed by atoms with Gasteiger partial charge in [0.15, 0.2) is 5.82 Å². The Bertz CT molecular complexity index is 472. The van der Waals surface area contributed by atoms with E-state index >= 15 is 0 Å². The van der Waals surface area contributed by atoms with Gasteiger partial charge in [-0.15, -0.1) is 10.2 Å². The number of aryl methyl sites for hydroxylation is 1. The number of hydrogen-bond acceptors (Lipinski definition) is 4. The van der Waals surface area contributed by atoms with Gasteiger partial charge in [-0.2, -0.15) is 0 Å². The highest BCUT2D eigenvalue weighted by Crippen LogP contribution is 2.10. The molecule has 0 aromatic carbocycles. The van der Waals surface area contributed by atoms with E-state index in [1.165, 1.54) is 0 Å². The summed E-state index contributed by atoms with van der Waals surface area (Å²) >= 11 is 0. The lowest BCUT2D eigenvalue weighted by atomic mass is 9.97. The summed E-state index contributed by atoms with van der Waals surface area (Å²) in [6.07, 6.45) is 2.12. The highest BCUT2D eigenvalue weighted by Gasteiger charge is 2.19. The van der Waals surface area contributed by atoms with E-state index in [9.17, 15) is 9.59 Å². The zero-order valence-corrected chi connectivity index (χ0v) is 12.7. The van der Waals surface area contributed by atoms with Crippen LogP contribution in [0.3, 0.4) is 0 Å². The van der Waals surface area contributed by atoms with Gasteiger partial charge in [-0.3, -0.25) is 4.79 Å². The maximum absolute atomic E-state index is 11.7. The van der Waals surface area contributed by atoms with Crippen molar-refractivity contribution in [2.24, 2.45) is 11.8 Å². The summed E-state index contributed by atoms with van der Waals surface area (Å²) < 4.78 is 1.82. The monoisotopic (exact) mass is 297 g/mol. The van der Waals surface area contributed by atoms with E-state index in [1.807, 2.05) is 25.3 Å². The Morgan fingerprint density at radius 2 is 2.10 bits per heavy atom. The van der Waals surface area contributed by atoms with Crippen molar-refractivity contribution < 1.29 is 14.7 Å². The van der Waals surface area contributed by atoms with Gasteiger partial charge < -0.3 is 20.3 Å².